The molecule has 3 N–H and O–H groups in total. The zero-order valence-electron chi connectivity index (χ0n) is 11.6. The smallest absolute Gasteiger partial charge is 0.126 e. The Morgan fingerprint density at radius 2 is 2.11 bits per heavy atom. The number of anilines is 1. The summed E-state index contributed by atoms with van der Waals surface area (Å²) in [6.45, 7) is 4.97. The molecule has 0 heterocycles. The second-order valence-electron chi connectivity index (χ2n) is 5.27. The summed E-state index contributed by atoms with van der Waals surface area (Å²) in [5.74, 6) is 1.60. The van der Waals surface area contributed by atoms with Crippen molar-refractivity contribution in [2.75, 3.05) is 19.0 Å². The lowest BCUT2D eigenvalue weighted by atomic mass is 10.0. The number of methoxy groups -OCH3 is 1. The highest BCUT2D eigenvalue weighted by Crippen LogP contribution is 2.33. The number of hydrogen-bond donors (Lipinski definition) is 2. The third-order valence-corrected chi connectivity index (χ3v) is 4.11. The molecule has 1 aliphatic rings. The van der Waals surface area contributed by atoms with Crippen LogP contribution in [0.25, 0.3) is 0 Å². The quantitative estimate of drug-likeness (QED) is 0.861. The van der Waals surface area contributed by atoms with Crippen LogP contribution in [0.2, 0.25) is 0 Å². The van der Waals surface area contributed by atoms with Gasteiger partial charge < -0.3 is 15.8 Å². The predicted octanol–water partition coefficient (Wildman–Crippen LogP) is 2.85. The summed E-state index contributed by atoms with van der Waals surface area (Å²) >= 11 is 0. The van der Waals surface area contributed by atoms with Crippen molar-refractivity contribution in [1.29, 1.82) is 0 Å². The third kappa shape index (κ3) is 2.46. The molecular weight excluding hydrogens is 224 g/mol. The molecule has 2 unspecified atom stereocenters. The summed E-state index contributed by atoms with van der Waals surface area (Å²) in [7, 11) is 1.73. The van der Waals surface area contributed by atoms with E-state index in [0.717, 1.165) is 12.3 Å². The van der Waals surface area contributed by atoms with Crippen LogP contribution in [0.5, 0.6) is 5.75 Å². The second-order valence-corrected chi connectivity index (χ2v) is 5.27. The Morgan fingerprint density at radius 1 is 1.33 bits per heavy atom. The number of aryl methyl sites for hydroxylation is 1. The highest BCUT2D eigenvalue weighted by atomic mass is 16.5. The summed E-state index contributed by atoms with van der Waals surface area (Å²) in [4.78, 5) is 0. The Morgan fingerprint density at radius 3 is 2.78 bits per heavy atom. The Hall–Kier alpha value is -1.22. The van der Waals surface area contributed by atoms with Gasteiger partial charge in [-0.1, -0.05) is 12.5 Å². The first kappa shape index (κ1) is 13.2. The number of nitrogens with one attached hydrogen (secondary N) is 1. The van der Waals surface area contributed by atoms with E-state index >= 15 is 0 Å². The largest absolute Gasteiger partial charge is 0.496 e. The standard InChI is InChI=1S/C15H24N2O/c1-10-7-8-13(11(2)15(10)18-3)17-14-6-4-5-12(14)9-16/h7-8,12,14,17H,4-6,9,16H2,1-3H3. The van der Waals surface area contributed by atoms with Crippen molar-refractivity contribution in [3.8, 4) is 5.75 Å². The van der Waals surface area contributed by atoms with E-state index in [-0.39, 0.29) is 0 Å². The second kappa shape index (κ2) is 5.61. The van der Waals surface area contributed by atoms with Crippen LogP contribution in [-0.4, -0.2) is 19.7 Å². The van der Waals surface area contributed by atoms with Gasteiger partial charge >= 0.3 is 0 Å². The molecule has 1 saturated carbocycles. The molecule has 2 rings (SSSR count). The van der Waals surface area contributed by atoms with Crippen molar-refractivity contribution >= 4 is 5.69 Å². The van der Waals surface area contributed by atoms with Crippen molar-refractivity contribution < 1.29 is 4.74 Å². The van der Waals surface area contributed by atoms with Crippen LogP contribution in [0, 0.1) is 19.8 Å². The normalized spacial score (nSPS) is 23.1. The van der Waals surface area contributed by atoms with Crippen molar-refractivity contribution in [1.82, 2.24) is 0 Å². The Labute approximate surface area is 110 Å². The van der Waals surface area contributed by atoms with E-state index in [1.54, 1.807) is 7.11 Å². The van der Waals surface area contributed by atoms with Crippen molar-refractivity contribution in [3.63, 3.8) is 0 Å². The maximum Gasteiger partial charge on any atom is 0.126 e. The molecule has 0 bridgehead atoms. The van der Waals surface area contributed by atoms with Crippen LogP contribution < -0.4 is 15.8 Å². The fourth-order valence-corrected chi connectivity index (χ4v) is 3.01. The molecule has 1 aromatic carbocycles. The molecule has 18 heavy (non-hydrogen) atoms. The number of rotatable bonds is 4. The van der Waals surface area contributed by atoms with E-state index in [4.69, 9.17) is 10.5 Å². The SMILES string of the molecule is COc1c(C)ccc(NC2CCCC2CN)c1C. The highest BCUT2D eigenvalue weighted by Gasteiger charge is 2.26. The van der Waals surface area contributed by atoms with Gasteiger partial charge in [-0.3, -0.25) is 0 Å². The molecule has 3 nitrogen and oxygen atoms in total. The van der Waals surface area contributed by atoms with Crippen LogP contribution in [0.1, 0.15) is 30.4 Å². The van der Waals surface area contributed by atoms with E-state index in [2.05, 4.69) is 31.3 Å². The monoisotopic (exact) mass is 248 g/mol. The predicted molar refractivity (Wildman–Crippen MR) is 76.3 cm³/mol. The minimum atomic E-state index is 0.515. The van der Waals surface area contributed by atoms with E-state index in [9.17, 15) is 0 Å². The van der Waals surface area contributed by atoms with Crippen LogP contribution in [0.15, 0.2) is 12.1 Å². The molecule has 3 heteroatoms. The summed E-state index contributed by atoms with van der Waals surface area (Å²) < 4.78 is 5.47. The van der Waals surface area contributed by atoms with Gasteiger partial charge in [0.2, 0.25) is 0 Å². The average Bonchev–Trinajstić information content (AvgIpc) is 2.81. The Balaban J connectivity index is 2.19. The van der Waals surface area contributed by atoms with Crippen LogP contribution >= 0.6 is 0 Å². The van der Waals surface area contributed by atoms with Gasteiger partial charge in [-0.2, -0.15) is 0 Å². The van der Waals surface area contributed by atoms with E-state index in [1.165, 1.54) is 36.1 Å². The maximum atomic E-state index is 5.83. The molecule has 1 aromatic rings. The van der Waals surface area contributed by atoms with E-state index in [0.29, 0.717) is 12.0 Å². The molecule has 1 aliphatic carbocycles. The summed E-state index contributed by atoms with van der Waals surface area (Å²) in [5, 5.41) is 3.65. The molecule has 0 spiro atoms. The fraction of sp³-hybridized carbons (Fsp3) is 0.600. The first-order valence-corrected chi connectivity index (χ1v) is 6.78. The summed E-state index contributed by atoms with van der Waals surface area (Å²) in [6, 6.07) is 4.78. The molecule has 0 aliphatic heterocycles. The van der Waals surface area contributed by atoms with Crippen molar-refractivity contribution in [2.24, 2.45) is 11.7 Å². The maximum absolute atomic E-state index is 5.83. The van der Waals surface area contributed by atoms with Gasteiger partial charge in [0.25, 0.3) is 0 Å². The minimum Gasteiger partial charge on any atom is -0.496 e. The van der Waals surface area contributed by atoms with Gasteiger partial charge in [-0.15, -0.1) is 0 Å². The number of nitrogens with two attached hydrogens (primary N) is 1. The highest BCUT2D eigenvalue weighted by molar-refractivity contribution is 5.60. The van der Waals surface area contributed by atoms with Gasteiger partial charge in [-0.25, -0.2) is 0 Å². The molecular formula is C15H24N2O. The molecule has 2 atom stereocenters. The first-order valence-electron chi connectivity index (χ1n) is 6.78. The lowest BCUT2D eigenvalue weighted by Crippen LogP contribution is -2.29. The topological polar surface area (TPSA) is 47.3 Å². The fourth-order valence-electron chi connectivity index (χ4n) is 3.01. The molecule has 0 saturated heterocycles. The zero-order valence-corrected chi connectivity index (χ0v) is 11.6. The molecule has 0 radical (unpaired) electrons. The summed E-state index contributed by atoms with van der Waals surface area (Å²) in [6.07, 6.45) is 3.75. The zero-order chi connectivity index (χ0) is 13.1. The molecule has 0 amide bonds. The number of benzene rings is 1. The van der Waals surface area contributed by atoms with Gasteiger partial charge in [0.05, 0.1) is 7.11 Å². The van der Waals surface area contributed by atoms with Gasteiger partial charge in [0.1, 0.15) is 5.75 Å². The van der Waals surface area contributed by atoms with Crippen LogP contribution in [0.3, 0.4) is 0 Å². The van der Waals surface area contributed by atoms with E-state index < -0.39 is 0 Å². The lowest BCUT2D eigenvalue weighted by molar-refractivity contribution is 0.408. The van der Waals surface area contributed by atoms with Crippen LogP contribution in [-0.2, 0) is 0 Å². The van der Waals surface area contributed by atoms with Gasteiger partial charge in [0.15, 0.2) is 0 Å². The summed E-state index contributed by atoms with van der Waals surface area (Å²) in [5.41, 5.74) is 9.39. The van der Waals surface area contributed by atoms with Gasteiger partial charge in [0, 0.05) is 17.3 Å². The number of hydrogen-bond acceptors (Lipinski definition) is 3. The Kier molecular flexibility index (Phi) is 4.12. The van der Waals surface area contributed by atoms with E-state index in [1.807, 2.05) is 0 Å². The van der Waals surface area contributed by atoms with Crippen LogP contribution in [0.4, 0.5) is 5.69 Å². The molecule has 100 valence electrons. The average molecular weight is 248 g/mol. The van der Waals surface area contributed by atoms with Crippen molar-refractivity contribution in [3.05, 3.63) is 23.3 Å². The minimum absolute atomic E-state index is 0.515. The Bertz CT molecular complexity index is 417. The molecule has 1 fully saturated rings. The van der Waals surface area contributed by atoms with Crippen molar-refractivity contribution in [2.45, 2.75) is 39.2 Å². The number of ether oxygens (including phenoxy) is 1. The third-order valence-electron chi connectivity index (χ3n) is 4.11. The lowest BCUT2D eigenvalue weighted by Gasteiger charge is -2.23. The first-order chi connectivity index (χ1) is 8.67. The van der Waals surface area contributed by atoms with Gasteiger partial charge in [-0.05, 0) is 50.8 Å². The molecule has 0 aromatic heterocycles.